The molecule has 21 heavy (non-hydrogen) atoms. The highest BCUT2D eigenvalue weighted by Crippen LogP contribution is 2.33. The van der Waals surface area contributed by atoms with E-state index in [-0.39, 0.29) is 0 Å². The van der Waals surface area contributed by atoms with Crippen molar-refractivity contribution in [2.75, 3.05) is 19.3 Å². The summed E-state index contributed by atoms with van der Waals surface area (Å²) in [7, 11) is 0. The molecule has 2 rings (SSSR count). The summed E-state index contributed by atoms with van der Waals surface area (Å²) in [5, 5.41) is 4.73. The van der Waals surface area contributed by atoms with E-state index in [0.29, 0.717) is 6.04 Å². The molecule has 0 radical (unpaired) electrons. The van der Waals surface area contributed by atoms with Gasteiger partial charge in [-0.15, -0.1) is 0 Å². The first-order valence-corrected chi connectivity index (χ1v) is 10.3. The Morgan fingerprint density at radius 1 is 1.19 bits per heavy atom. The second-order valence-corrected chi connectivity index (χ2v) is 9.06. The lowest BCUT2D eigenvalue weighted by atomic mass is 9.88. The minimum Gasteiger partial charge on any atom is -0.311 e. The first-order valence-electron chi connectivity index (χ1n) is 9.03. The molecule has 0 amide bonds. The predicted molar refractivity (Wildman–Crippen MR) is 96.1 cm³/mol. The summed E-state index contributed by atoms with van der Waals surface area (Å²) in [5.41, 5.74) is 0. The van der Waals surface area contributed by atoms with E-state index < -0.39 is 0 Å². The number of nitrogens with zero attached hydrogens (tertiary/aromatic N) is 1. The van der Waals surface area contributed by atoms with Crippen LogP contribution < -0.4 is 5.32 Å². The van der Waals surface area contributed by atoms with E-state index in [9.17, 15) is 0 Å². The average Bonchev–Trinajstić information content (AvgIpc) is 2.46. The molecule has 0 aromatic heterocycles. The van der Waals surface area contributed by atoms with Gasteiger partial charge in [0.05, 0.1) is 0 Å². The summed E-state index contributed by atoms with van der Waals surface area (Å²) < 4.78 is 0. The van der Waals surface area contributed by atoms with E-state index in [4.69, 9.17) is 0 Å². The zero-order valence-electron chi connectivity index (χ0n) is 14.8. The maximum atomic E-state index is 3.83. The lowest BCUT2D eigenvalue weighted by Crippen LogP contribution is -2.61. The normalized spacial score (nSPS) is 35.6. The van der Waals surface area contributed by atoms with Crippen molar-refractivity contribution < 1.29 is 0 Å². The molecule has 1 aliphatic heterocycles. The summed E-state index contributed by atoms with van der Waals surface area (Å²) in [6.45, 7) is 12.0. The molecule has 3 heteroatoms. The average molecular weight is 313 g/mol. The Bertz CT molecular complexity index is 306. The minimum absolute atomic E-state index is 0.703. The van der Waals surface area contributed by atoms with E-state index in [1.807, 2.05) is 0 Å². The van der Waals surface area contributed by atoms with Crippen molar-refractivity contribution in [3.05, 3.63) is 0 Å². The first kappa shape index (κ1) is 17.6. The monoisotopic (exact) mass is 312 g/mol. The summed E-state index contributed by atoms with van der Waals surface area (Å²) in [6, 6.07) is 2.27. The molecule has 0 aromatic carbocycles. The van der Waals surface area contributed by atoms with Crippen molar-refractivity contribution in [1.29, 1.82) is 0 Å². The molecule has 1 N–H and O–H groups in total. The van der Waals surface area contributed by atoms with Crippen molar-refractivity contribution in [3.63, 3.8) is 0 Å². The Morgan fingerprint density at radius 3 is 2.57 bits per heavy atom. The van der Waals surface area contributed by atoms with Gasteiger partial charge in [-0.3, -0.25) is 4.90 Å². The molecule has 4 atom stereocenters. The Labute approximate surface area is 136 Å². The second-order valence-electron chi connectivity index (χ2n) is 7.92. The highest BCUT2D eigenvalue weighted by atomic mass is 32.2. The van der Waals surface area contributed by atoms with Crippen LogP contribution in [0.3, 0.4) is 0 Å². The van der Waals surface area contributed by atoms with Crippen molar-refractivity contribution in [2.45, 2.75) is 83.2 Å². The van der Waals surface area contributed by atoms with Crippen LogP contribution >= 0.6 is 11.8 Å². The number of piperazine rings is 1. The van der Waals surface area contributed by atoms with Gasteiger partial charge >= 0.3 is 0 Å². The number of thioether (sulfide) groups is 1. The van der Waals surface area contributed by atoms with Gasteiger partial charge in [0.2, 0.25) is 0 Å². The van der Waals surface area contributed by atoms with Crippen molar-refractivity contribution in [2.24, 2.45) is 11.8 Å². The molecule has 0 spiro atoms. The van der Waals surface area contributed by atoms with Crippen LogP contribution in [0.4, 0.5) is 0 Å². The van der Waals surface area contributed by atoms with Crippen LogP contribution in [0.1, 0.15) is 59.8 Å². The second kappa shape index (κ2) is 8.21. The Kier molecular flexibility index (Phi) is 6.89. The SMILES string of the molecule is CSC1CCCC(N2CC(CC(C)C)NCC2C(C)C)C1. The van der Waals surface area contributed by atoms with Gasteiger partial charge in [-0.2, -0.15) is 11.8 Å². The Hall–Kier alpha value is 0.270. The van der Waals surface area contributed by atoms with Crippen LogP contribution in [0.2, 0.25) is 0 Å². The summed E-state index contributed by atoms with van der Waals surface area (Å²) in [5.74, 6) is 1.55. The molecule has 1 saturated carbocycles. The van der Waals surface area contributed by atoms with E-state index in [0.717, 1.165) is 29.2 Å². The fraction of sp³-hybridized carbons (Fsp3) is 1.00. The molecular weight excluding hydrogens is 276 g/mol. The van der Waals surface area contributed by atoms with E-state index in [2.05, 4.69) is 55.9 Å². The Morgan fingerprint density at radius 2 is 1.95 bits per heavy atom. The quantitative estimate of drug-likeness (QED) is 0.826. The molecule has 2 fully saturated rings. The maximum absolute atomic E-state index is 3.83. The van der Waals surface area contributed by atoms with Crippen molar-refractivity contribution >= 4 is 11.8 Å². The van der Waals surface area contributed by atoms with Crippen molar-refractivity contribution in [1.82, 2.24) is 10.2 Å². The van der Waals surface area contributed by atoms with Crippen LogP contribution in [0.25, 0.3) is 0 Å². The third-order valence-electron chi connectivity index (χ3n) is 5.40. The summed E-state index contributed by atoms with van der Waals surface area (Å²) in [4.78, 5) is 2.90. The smallest absolute Gasteiger partial charge is 0.0247 e. The van der Waals surface area contributed by atoms with Crippen molar-refractivity contribution in [3.8, 4) is 0 Å². The van der Waals surface area contributed by atoms with Crippen LogP contribution in [0.5, 0.6) is 0 Å². The van der Waals surface area contributed by atoms with Gasteiger partial charge in [-0.05, 0) is 43.8 Å². The number of hydrogen-bond donors (Lipinski definition) is 1. The molecule has 1 aliphatic carbocycles. The number of rotatable bonds is 5. The molecular formula is C18H36N2S. The van der Waals surface area contributed by atoms with E-state index in [1.54, 1.807) is 0 Å². The third kappa shape index (κ3) is 4.87. The molecule has 124 valence electrons. The maximum Gasteiger partial charge on any atom is 0.0247 e. The zero-order chi connectivity index (χ0) is 15.4. The van der Waals surface area contributed by atoms with Gasteiger partial charge in [0.25, 0.3) is 0 Å². The van der Waals surface area contributed by atoms with E-state index >= 15 is 0 Å². The molecule has 2 aliphatic rings. The van der Waals surface area contributed by atoms with Gasteiger partial charge in [0, 0.05) is 36.5 Å². The van der Waals surface area contributed by atoms with Gasteiger partial charge in [0.15, 0.2) is 0 Å². The van der Waals surface area contributed by atoms with Gasteiger partial charge in [0.1, 0.15) is 0 Å². The largest absolute Gasteiger partial charge is 0.311 e. The molecule has 0 aromatic rings. The number of nitrogens with one attached hydrogen (secondary N) is 1. The fourth-order valence-corrected chi connectivity index (χ4v) is 5.08. The molecule has 1 saturated heterocycles. The predicted octanol–water partition coefficient (Wildman–Crippen LogP) is 4.01. The topological polar surface area (TPSA) is 15.3 Å². The number of hydrogen-bond acceptors (Lipinski definition) is 3. The van der Waals surface area contributed by atoms with Crippen LogP contribution in [0.15, 0.2) is 0 Å². The lowest BCUT2D eigenvalue weighted by molar-refractivity contribution is 0.0365. The lowest BCUT2D eigenvalue weighted by Gasteiger charge is -2.48. The molecule has 2 nitrogen and oxygen atoms in total. The van der Waals surface area contributed by atoms with E-state index in [1.165, 1.54) is 45.2 Å². The van der Waals surface area contributed by atoms with Crippen LogP contribution in [-0.4, -0.2) is 47.6 Å². The van der Waals surface area contributed by atoms with Crippen LogP contribution in [0, 0.1) is 11.8 Å². The highest BCUT2D eigenvalue weighted by molar-refractivity contribution is 7.99. The zero-order valence-corrected chi connectivity index (χ0v) is 15.6. The van der Waals surface area contributed by atoms with Gasteiger partial charge < -0.3 is 5.32 Å². The molecule has 1 heterocycles. The summed E-state index contributed by atoms with van der Waals surface area (Å²) >= 11 is 2.09. The minimum atomic E-state index is 0.703. The van der Waals surface area contributed by atoms with Crippen LogP contribution in [-0.2, 0) is 0 Å². The van der Waals surface area contributed by atoms with Gasteiger partial charge in [-0.1, -0.05) is 34.1 Å². The first-order chi connectivity index (χ1) is 10.0. The summed E-state index contributed by atoms with van der Waals surface area (Å²) in [6.07, 6.45) is 9.32. The fourth-order valence-electron chi connectivity index (χ4n) is 4.26. The third-order valence-corrected chi connectivity index (χ3v) is 6.49. The standard InChI is InChI=1S/C18H36N2S/c1-13(2)9-15-12-20(18(11-19-15)14(3)4)16-7-6-8-17(10-16)21-5/h13-19H,6-12H2,1-5H3. The Balaban J connectivity index is 2.02. The molecule has 4 unspecified atom stereocenters. The highest BCUT2D eigenvalue weighted by Gasteiger charge is 2.36. The molecule has 0 bridgehead atoms. The van der Waals surface area contributed by atoms with Gasteiger partial charge in [-0.25, -0.2) is 0 Å².